The molecule has 7 heteroatoms. The highest BCUT2D eigenvalue weighted by atomic mass is 16.4. The molecule has 1 aromatic heterocycles. The molecule has 0 saturated carbocycles. The fourth-order valence-corrected chi connectivity index (χ4v) is 0.724. The molecular weight excluding hydrogens is 162 g/mol. The summed E-state index contributed by atoms with van der Waals surface area (Å²) in [5, 5.41) is 17.6. The lowest BCUT2D eigenvalue weighted by molar-refractivity contribution is 0.0689. The maximum absolute atomic E-state index is 10.4. The van der Waals surface area contributed by atoms with E-state index in [1.54, 1.807) is 0 Å². The molecule has 0 aliphatic rings. The summed E-state index contributed by atoms with van der Waals surface area (Å²) in [4.78, 5) is 12.9. The summed E-state index contributed by atoms with van der Waals surface area (Å²) in [6.07, 6.45) is 1.32. The number of carbonyl (C=O) groups is 1. The summed E-state index contributed by atoms with van der Waals surface area (Å²) >= 11 is 0. The van der Waals surface area contributed by atoms with Crippen molar-refractivity contribution in [1.29, 1.82) is 0 Å². The third-order valence-corrected chi connectivity index (χ3v) is 1.24. The largest absolute Gasteiger partial charge is 0.477 e. The fourth-order valence-electron chi connectivity index (χ4n) is 0.724. The lowest BCUT2D eigenvalue weighted by Crippen LogP contribution is -2.00. The van der Waals surface area contributed by atoms with Crippen molar-refractivity contribution in [2.45, 2.75) is 6.54 Å². The summed E-state index contributed by atoms with van der Waals surface area (Å²) in [5.74, 6) is -1.12. The van der Waals surface area contributed by atoms with Gasteiger partial charge in [-0.3, -0.25) is 5.10 Å². The third-order valence-electron chi connectivity index (χ3n) is 1.24. The minimum Gasteiger partial charge on any atom is -0.477 e. The number of hydrogen-bond acceptors (Lipinski definition) is 3. The lowest BCUT2D eigenvalue weighted by Gasteiger charge is -1.90. The van der Waals surface area contributed by atoms with Crippen molar-refractivity contribution in [3.05, 3.63) is 27.9 Å². The van der Waals surface area contributed by atoms with Crippen LogP contribution in [-0.4, -0.2) is 21.3 Å². The molecule has 0 spiro atoms. The van der Waals surface area contributed by atoms with Crippen LogP contribution in [-0.2, 0) is 6.54 Å². The van der Waals surface area contributed by atoms with Gasteiger partial charge < -0.3 is 5.11 Å². The number of carboxylic acid groups (broad SMARTS) is 1. The molecule has 0 saturated heterocycles. The molecule has 0 unspecified atom stereocenters. The van der Waals surface area contributed by atoms with Gasteiger partial charge in [0.1, 0.15) is 5.69 Å². The summed E-state index contributed by atoms with van der Waals surface area (Å²) in [5.41, 5.74) is 8.31. The van der Waals surface area contributed by atoms with E-state index in [1.165, 1.54) is 6.20 Å². The number of aromatic nitrogens is 2. The molecule has 0 radical (unpaired) electrons. The Bertz CT molecular complexity index is 337. The van der Waals surface area contributed by atoms with Gasteiger partial charge in [-0.25, -0.2) is 4.79 Å². The molecule has 62 valence electrons. The number of nitrogens with zero attached hydrogens (tertiary/aromatic N) is 4. The van der Waals surface area contributed by atoms with Gasteiger partial charge >= 0.3 is 5.97 Å². The van der Waals surface area contributed by atoms with E-state index in [-0.39, 0.29) is 12.2 Å². The van der Waals surface area contributed by atoms with E-state index in [4.69, 9.17) is 10.6 Å². The zero-order chi connectivity index (χ0) is 8.97. The van der Waals surface area contributed by atoms with Gasteiger partial charge in [0.25, 0.3) is 0 Å². The van der Waals surface area contributed by atoms with Crippen molar-refractivity contribution in [2.24, 2.45) is 5.11 Å². The first kappa shape index (κ1) is 8.09. The van der Waals surface area contributed by atoms with Gasteiger partial charge in [-0.2, -0.15) is 5.10 Å². The van der Waals surface area contributed by atoms with Crippen LogP contribution in [0.3, 0.4) is 0 Å². The zero-order valence-electron chi connectivity index (χ0n) is 5.93. The fraction of sp³-hybridized carbons (Fsp3) is 0.200. The van der Waals surface area contributed by atoms with E-state index in [1.807, 2.05) is 0 Å². The highest BCUT2D eigenvalue weighted by Crippen LogP contribution is 2.05. The van der Waals surface area contributed by atoms with Crippen LogP contribution in [0.2, 0.25) is 0 Å². The third kappa shape index (κ3) is 1.53. The van der Waals surface area contributed by atoms with E-state index in [0.717, 1.165) is 0 Å². The summed E-state index contributed by atoms with van der Waals surface area (Å²) in [7, 11) is 0. The number of nitrogens with one attached hydrogen (secondary N) is 1. The van der Waals surface area contributed by atoms with Crippen LogP contribution in [0, 0.1) is 0 Å². The van der Waals surface area contributed by atoms with Gasteiger partial charge in [-0.1, -0.05) is 5.11 Å². The predicted molar refractivity (Wildman–Crippen MR) is 38.4 cm³/mol. The monoisotopic (exact) mass is 167 g/mol. The van der Waals surface area contributed by atoms with Crippen LogP contribution in [0.25, 0.3) is 10.4 Å². The Morgan fingerprint density at radius 2 is 2.67 bits per heavy atom. The van der Waals surface area contributed by atoms with Crippen molar-refractivity contribution in [2.75, 3.05) is 0 Å². The minimum atomic E-state index is -1.12. The average molecular weight is 167 g/mol. The topological polar surface area (TPSA) is 115 Å². The van der Waals surface area contributed by atoms with E-state index in [9.17, 15) is 4.79 Å². The molecule has 0 aliphatic heterocycles. The van der Waals surface area contributed by atoms with Crippen LogP contribution in [0.5, 0.6) is 0 Å². The first-order valence-electron chi connectivity index (χ1n) is 3.02. The molecule has 0 atom stereocenters. The number of rotatable bonds is 3. The first-order chi connectivity index (χ1) is 5.75. The Kier molecular flexibility index (Phi) is 2.29. The number of hydrogen-bond donors (Lipinski definition) is 2. The van der Waals surface area contributed by atoms with Crippen molar-refractivity contribution in [3.8, 4) is 0 Å². The van der Waals surface area contributed by atoms with Crippen LogP contribution in [0.4, 0.5) is 0 Å². The van der Waals surface area contributed by atoms with Crippen LogP contribution >= 0.6 is 0 Å². The molecular formula is C5H5N5O2. The standard InChI is InChI=1S/C5H5N5O2/c6-10-8-2-3-1-7-9-4(3)5(11)12/h1H,2H2,(H,7,9)(H,11,12). The van der Waals surface area contributed by atoms with E-state index in [0.29, 0.717) is 5.56 Å². The second-order valence-electron chi connectivity index (χ2n) is 1.96. The van der Waals surface area contributed by atoms with Crippen LogP contribution < -0.4 is 0 Å². The number of carboxylic acids is 1. The minimum absolute atomic E-state index is 0.00532. The summed E-state index contributed by atoms with van der Waals surface area (Å²) in [6, 6.07) is 0. The Morgan fingerprint density at radius 3 is 3.25 bits per heavy atom. The number of aromatic amines is 1. The number of aromatic carboxylic acids is 1. The number of azide groups is 1. The van der Waals surface area contributed by atoms with Gasteiger partial charge in [0.2, 0.25) is 0 Å². The van der Waals surface area contributed by atoms with Gasteiger partial charge in [0.05, 0.1) is 12.7 Å². The van der Waals surface area contributed by atoms with Crippen molar-refractivity contribution >= 4 is 5.97 Å². The van der Waals surface area contributed by atoms with Gasteiger partial charge in [-0.15, -0.1) is 0 Å². The van der Waals surface area contributed by atoms with Crippen LogP contribution in [0.15, 0.2) is 11.3 Å². The van der Waals surface area contributed by atoms with Gasteiger partial charge in [0, 0.05) is 10.5 Å². The molecule has 12 heavy (non-hydrogen) atoms. The van der Waals surface area contributed by atoms with Crippen molar-refractivity contribution in [1.82, 2.24) is 10.2 Å². The Labute approximate surface area is 66.6 Å². The highest BCUT2D eigenvalue weighted by Gasteiger charge is 2.10. The molecule has 1 heterocycles. The molecule has 0 aliphatic carbocycles. The van der Waals surface area contributed by atoms with E-state index in [2.05, 4.69) is 20.2 Å². The van der Waals surface area contributed by atoms with Gasteiger partial charge in [-0.05, 0) is 5.53 Å². The molecule has 0 fully saturated rings. The maximum Gasteiger partial charge on any atom is 0.354 e. The second-order valence-corrected chi connectivity index (χ2v) is 1.96. The van der Waals surface area contributed by atoms with Crippen molar-refractivity contribution < 1.29 is 9.90 Å². The predicted octanol–water partition coefficient (Wildman–Crippen LogP) is 0.918. The first-order valence-corrected chi connectivity index (χ1v) is 3.02. The maximum atomic E-state index is 10.4. The quantitative estimate of drug-likeness (QED) is 0.396. The Morgan fingerprint density at radius 1 is 1.92 bits per heavy atom. The van der Waals surface area contributed by atoms with E-state index < -0.39 is 5.97 Å². The summed E-state index contributed by atoms with van der Waals surface area (Å²) < 4.78 is 0. The molecule has 1 rings (SSSR count). The Hall–Kier alpha value is -2.01. The second kappa shape index (κ2) is 3.40. The summed E-state index contributed by atoms with van der Waals surface area (Å²) in [6.45, 7) is -0.00532. The zero-order valence-corrected chi connectivity index (χ0v) is 5.93. The molecule has 7 nitrogen and oxygen atoms in total. The SMILES string of the molecule is [N-]=[N+]=NCc1cn[nH]c1C(=O)O. The Balaban J connectivity index is 2.91. The van der Waals surface area contributed by atoms with Gasteiger partial charge in [0.15, 0.2) is 0 Å². The number of H-pyrrole nitrogens is 1. The molecule has 0 amide bonds. The van der Waals surface area contributed by atoms with E-state index >= 15 is 0 Å². The smallest absolute Gasteiger partial charge is 0.354 e. The van der Waals surface area contributed by atoms with Crippen LogP contribution in [0.1, 0.15) is 16.1 Å². The normalized spacial score (nSPS) is 9.00. The molecule has 2 N–H and O–H groups in total. The molecule has 0 aromatic carbocycles. The molecule has 1 aromatic rings. The molecule has 0 bridgehead atoms. The average Bonchev–Trinajstić information content (AvgIpc) is 2.48. The lowest BCUT2D eigenvalue weighted by atomic mass is 10.2. The highest BCUT2D eigenvalue weighted by molar-refractivity contribution is 5.86. The van der Waals surface area contributed by atoms with Crippen molar-refractivity contribution in [3.63, 3.8) is 0 Å².